The molecule has 6 rings (SSSR count). The summed E-state index contributed by atoms with van der Waals surface area (Å²) in [7, 11) is 2.03. The minimum atomic E-state index is -0.112. The lowest BCUT2D eigenvalue weighted by atomic mass is 9.83. The molecule has 0 saturated carbocycles. The maximum absolute atomic E-state index is 13.0. The van der Waals surface area contributed by atoms with E-state index in [-0.39, 0.29) is 11.6 Å². The van der Waals surface area contributed by atoms with E-state index in [1.165, 1.54) is 0 Å². The Bertz CT molecular complexity index is 1500. The molecule has 4 aromatic rings. The molecule has 0 atom stereocenters. The van der Waals surface area contributed by atoms with Crippen LogP contribution in [0.25, 0.3) is 12.2 Å². The number of hydrogen-bond acceptors (Lipinski definition) is 4. The number of para-hydroxylation sites is 2. The van der Waals surface area contributed by atoms with Crippen molar-refractivity contribution < 1.29 is 14.3 Å². The van der Waals surface area contributed by atoms with Crippen LogP contribution in [0.2, 0.25) is 0 Å². The smallest absolute Gasteiger partial charge is 0.194 e. The summed E-state index contributed by atoms with van der Waals surface area (Å²) in [6.45, 7) is 0. The van der Waals surface area contributed by atoms with Gasteiger partial charge >= 0.3 is 0 Å². The largest absolute Gasteiger partial charge is 0.453 e. The first-order valence-electron chi connectivity index (χ1n) is 10.8. The van der Waals surface area contributed by atoms with Crippen LogP contribution in [0.4, 0.5) is 11.4 Å². The highest BCUT2D eigenvalue weighted by molar-refractivity contribution is 6.28. The second kappa shape index (κ2) is 7.31. The van der Waals surface area contributed by atoms with Crippen LogP contribution in [0.1, 0.15) is 43.0 Å². The molecule has 0 amide bonds. The standard InChI is InChI=1S/C29H19NO3/c1-30-24-8-4-5-9-26(24)33-27-17-19(13-15-25(27)30)11-10-18-12-14-22-23(16-18)29(32)21-7-3-2-6-20(21)28(22)31/h2-17H,1H3/b11-10+. The first-order valence-corrected chi connectivity index (χ1v) is 10.8. The highest BCUT2D eigenvalue weighted by Gasteiger charge is 2.29. The summed E-state index contributed by atoms with van der Waals surface area (Å²) in [5.41, 5.74) is 5.71. The summed E-state index contributed by atoms with van der Waals surface area (Å²) >= 11 is 0. The van der Waals surface area contributed by atoms with Gasteiger partial charge in [0, 0.05) is 29.3 Å². The molecule has 1 aliphatic heterocycles. The van der Waals surface area contributed by atoms with Crippen LogP contribution in [0.15, 0.2) is 84.9 Å². The van der Waals surface area contributed by atoms with Crippen LogP contribution in [0.5, 0.6) is 11.5 Å². The zero-order chi connectivity index (χ0) is 22.5. The summed E-state index contributed by atoms with van der Waals surface area (Å²) in [6, 6.07) is 26.4. The third kappa shape index (κ3) is 3.07. The van der Waals surface area contributed by atoms with Crippen molar-refractivity contribution in [2.45, 2.75) is 0 Å². The highest BCUT2D eigenvalue weighted by Crippen LogP contribution is 2.45. The van der Waals surface area contributed by atoms with Crippen molar-refractivity contribution in [3.05, 3.63) is 118 Å². The Hall–Kier alpha value is -4.44. The maximum atomic E-state index is 13.0. The normalized spacial score (nSPS) is 13.8. The molecule has 0 aromatic heterocycles. The van der Waals surface area contributed by atoms with Gasteiger partial charge in [0.15, 0.2) is 23.1 Å². The molecule has 0 fully saturated rings. The quantitative estimate of drug-likeness (QED) is 0.300. The van der Waals surface area contributed by atoms with Crippen LogP contribution < -0.4 is 9.64 Å². The van der Waals surface area contributed by atoms with E-state index in [2.05, 4.69) is 4.90 Å². The highest BCUT2D eigenvalue weighted by atomic mass is 16.5. The van der Waals surface area contributed by atoms with E-state index >= 15 is 0 Å². The van der Waals surface area contributed by atoms with Crippen molar-refractivity contribution in [1.82, 2.24) is 0 Å². The fourth-order valence-corrected chi connectivity index (χ4v) is 4.48. The van der Waals surface area contributed by atoms with E-state index < -0.39 is 0 Å². The predicted molar refractivity (Wildman–Crippen MR) is 130 cm³/mol. The number of benzene rings is 4. The van der Waals surface area contributed by atoms with Gasteiger partial charge in [0.1, 0.15) is 0 Å². The summed E-state index contributed by atoms with van der Waals surface area (Å²) in [5.74, 6) is 1.40. The molecule has 0 unspecified atom stereocenters. The summed E-state index contributed by atoms with van der Waals surface area (Å²) in [5, 5.41) is 0. The molecule has 1 aliphatic carbocycles. The van der Waals surface area contributed by atoms with E-state index in [4.69, 9.17) is 4.74 Å². The molecule has 33 heavy (non-hydrogen) atoms. The van der Waals surface area contributed by atoms with Gasteiger partial charge in [0.2, 0.25) is 0 Å². The average molecular weight is 429 g/mol. The Balaban J connectivity index is 1.31. The lowest BCUT2D eigenvalue weighted by Gasteiger charge is -2.29. The molecule has 0 radical (unpaired) electrons. The second-order valence-electron chi connectivity index (χ2n) is 8.20. The van der Waals surface area contributed by atoms with Gasteiger partial charge in [0.25, 0.3) is 0 Å². The number of ketones is 2. The molecule has 0 spiro atoms. The zero-order valence-corrected chi connectivity index (χ0v) is 17.9. The molecule has 2 aliphatic rings. The Morgan fingerprint density at radius 1 is 0.606 bits per heavy atom. The van der Waals surface area contributed by atoms with Gasteiger partial charge in [-0.25, -0.2) is 0 Å². The van der Waals surface area contributed by atoms with E-state index in [1.54, 1.807) is 36.4 Å². The van der Waals surface area contributed by atoms with Crippen molar-refractivity contribution in [1.29, 1.82) is 0 Å². The molecule has 158 valence electrons. The van der Waals surface area contributed by atoms with Gasteiger partial charge in [-0.1, -0.05) is 60.7 Å². The van der Waals surface area contributed by atoms with Crippen molar-refractivity contribution in [3.63, 3.8) is 0 Å². The second-order valence-corrected chi connectivity index (χ2v) is 8.20. The van der Waals surface area contributed by atoms with Gasteiger partial charge < -0.3 is 9.64 Å². The lowest BCUT2D eigenvalue weighted by molar-refractivity contribution is 0.0979. The van der Waals surface area contributed by atoms with Crippen LogP contribution in [0, 0.1) is 0 Å². The molecular weight excluding hydrogens is 410 g/mol. The molecule has 4 heteroatoms. The third-order valence-electron chi connectivity index (χ3n) is 6.21. The first kappa shape index (κ1) is 19.3. The Morgan fingerprint density at radius 2 is 1.18 bits per heavy atom. The molecule has 4 aromatic carbocycles. The fraction of sp³-hybridized carbons (Fsp3) is 0.0345. The van der Waals surface area contributed by atoms with Gasteiger partial charge in [0.05, 0.1) is 11.4 Å². The van der Waals surface area contributed by atoms with Crippen LogP contribution in [0.3, 0.4) is 0 Å². The topological polar surface area (TPSA) is 46.6 Å². The zero-order valence-electron chi connectivity index (χ0n) is 17.9. The lowest BCUT2D eigenvalue weighted by Crippen LogP contribution is -2.20. The van der Waals surface area contributed by atoms with Crippen molar-refractivity contribution >= 4 is 35.1 Å². The molecule has 4 nitrogen and oxygen atoms in total. The minimum absolute atomic E-state index is 0.105. The van der Waals surface area contributed by atoms with Crippen LogP contribution >= 0.6 is 0 Å². The molecule has 1 heterocycles. The molecule has 0 saturated heterocycles. The van der Waals surface area contributed by atoms with Gasteiger partial charge in [-0.2, -0.15) is 0 Å². The number of carbonyl (C=O) groups excluding carboxylic acids is 2. The van der Waals surface area contributed by atoms with E-state index in [0.717, 1.165) is 34.0 Å². The van der Waals surface area contributed by atoms with E-state index in [1.807, 2.05) is 67.7 Å². The van der Waals surface area contributed by atoms with Gasteiger partial charge in [-0.15, -0.1) is 0 Å². The van der Waals surface area contributed by atoms with E-state index in [0.29, 0.717) is 22.3 Å². The number of anilines is 2. The number of nitrogens with zero attached hydrogens (tertiary/aromatic N) is 1. The molecular formula is C29H19NO3. The fourth-order valence-electron chi connectivity index (χ4n) is 4.48. The van der Waals surface area contributed by atoms with Crippen molar-refractivity contribution in [2.24, 2.45) is 0 Å². The van der Waals surface area contributed by atoms with Crippen LogP contribution in [-0.2, 0) is 0 Å². The van der Waals surface area contributed by atoms with Gasteiger partial charge in [-0.05, 0) is 47.5 Å². The number of fused-ring (bicyclic) bond motifs is 4. The monoisotopic (exact) mass is 429 g/mol. The average Bonchev–Trinajstić information content (AvgIpc) is 2.86. The number of carbonyl (C=O) groups is 2. The third-order valence-corrected chi connectivity index (χ3v) is 6.21. The predicted octanol–water partition coefficient (Wildman–Crippen LogP) is 6.51. The van der Waals surface area contributed by atoms with Crippen molar-refractivity contribution in [2.75, 3.05) is 11.9 Å². The molecule has 0 N–H and O–H groups in total. The number of ether oxygens (including phenoxy) is 1. The molecule has 0 bridgehead atoms. The maximum Gasteiger partial charge on any atom is 0.194 e. The summed E-state index contributed by atoms with van der Waals surface area (Å²) in [4.78, 5) is 27.9. The van der Waals surface area contributed by atoms with Gasteiger partial charge in [-0.3, -0.25) is 9.59 Å². The van der Waals surface area contributed by atoms with Crippen LogP contribution in [-0.4, -0.2) is 18.6 Å². The van der Waals surface area contributed by atoms with Crippen molar-refractivity contribution in [3.8, 4) is 11.5 Å². The Morgan fingerprint density at radius 3 is 1.97 bits per heavy atom. The Kier molecular flexibility index (Phi) is 4.27. The minimum Gasteiger partial charge on any atom is -0.453 e. The Labute approximate surface area is 191 Å². The van der Waals surface area contributed by atoms with E-state index in [9.17, 15) is 9.59 Å². The SMILES string of the molecule is CN1c2ccccc2Oc2cc(/C=C/c3ccc4c(c3)C(=O)c3ccccc3C4=O)ccc21. The number of rotatable bonds is 2. The first-order chi connectivity index (χ1) is 16.1. The summed E-state index contributed by atoms with van der Waals surface area (Å²) < 4.78 is 6.12. The summed E-state index contributed by atoms with van der Waals surface area (Å²) in [6.07, 6.45) is 3.93. The number of hydrogen-bond donors (Lipinski definition) is 0.